The predicted molar refractivity (Wildman–Crippen MR) is 46.8 cm³/mol. The van der Waals surface area contributed by atoms with Gasteiger partial charge in [-0.15, -0.1) is 0 Å². The van der Waals surface area contributed by atoms with Gasteiger partial charge in [-0.25, -0.2) is 0 Å². The number of ether oxygens (including phenoxy) is 1. The second-order valence-corrected chi connectivity index (χ2v) is 3.26. The highest BCUT2D eigenvalue weighted by molar-refractivity contribution is 5.77. The highest BCUT2D eigenvalue weighted by Crippen LogP contribution is 2.14. The van der Waals surface area contributed by atoms with E-state index in [0.717, 1.165) is 19.4 Å². The summed E-state index contributed by atoms with van der Waals surface area (Å²) in [6.45, 7) is 2.42. The molecular formula is C9H14N2O2. The molecule has 1 aliphatic heterocycles. The molecule has 1 amide bonds. The van der Waals surface area contributed by atoms with Crippen LogP contribution < -0.4 is 5.32 Å². The van der Waals surface area contributed by atoms with Gasteiger partial charge in [-0.1, -0.05) is 0 Å². The smallest absolute Gasteiger partial charge is 0.223 e. The van der Waals surface area contributed by atoms with E-state index in [1.54, 1.807) is 6.92 Å². The highest BCUT2D eigenvalue weighted by Gasteiger charge is 2.19. The molecule has 2 atom stereocenters. The topological polar surface area (TPSA) is 62.1 Å². The Balaban J connectivity index is 2.21. The van der Waals surface area contributed by atoms with E-state index in [1.165, 1.54) is 0 Å². The van der Waals surface area contributed by atoms with E-state index in [1.807, 2.05) is 6.07 Å². The van der Waals surface area contributed by atoms with Crippen LogP contribution in [0.25, 0.3) is 0 Å². The molecule has 0 aliphatic carbocycles. The number of rotatable bonds is 3. The largest absolute Gasteiger partial charge is 0.378 e. The molecule has 0 aromatic carbocycles. The van der Waals surface area contributed by atoms with Gasteiger partial charge in [0.15, 0.2) is 0 Å². The van der Waals surface area contributed by atoms with Gasteiger partial charge in [-0.05, 0) is 19.8 Å². The van der Waals surface area contributed by atoms with Crippen LogP contribution in [0.5, 0.6) is 0 Å². The van der Waals surface area contributed by atoms with Crippen LogP contribution in [-0.4, -0.2) is 24.7 Å². The number of carbonyl (C=O) groups is 1. The van der Waals surface area contributed by atoms with Crippen molar-refractivity contribution in [2.24, 2.45) is 0 Å². The van der Waals surface area contributed by atoms with Crippen LogP contribution in [0.1, 0.15) is 26.2 Å². The van der Waals surface area contributed by atoms with Crippen LogP contribution >= 0.6 is 0 Å². The van der Waals surface area contributed by atoms with Gasteiger partial charge >= 0.3 is 0 Å². The van der Waals surface area contributed by atoms with Crippen molar-refractivity contribution in [3.63, 3.8) is 0 Å². The molecule has 0 aromatic rings. The van der Waals surface area contributed by atoms with E-state index in [4.69, 9.17) is 10.00 Å². The summed E-state index contributed by atoms with van der Waals surface area (Å²) in [6.07, 6.45) is 2.43. The molecule has 72 valence electrons. The molecule has 0 aromatic heterocycles. The zero-order valence-corrected chi connectivity index (χ0v) is 7.75. The molecule has 1 fully saturated rings. The molecule has 0 radical (unpaired) electrons. The Labute approximate surface area is 77.9 Å². The van der Waals surface area contributed by atoms with Crippen LogP contribution in [0, 0.1) is 11.3 Å². The lowest BCUT2D eigenvalue weighted by molar-refractivity contribution is -0.123. The fraction of sp³-hybridized carbons (Fsp3) is 0.778. The Hall–Kier alpha value is -1.08. The Kier molecular flexibility index (Phi) is 3.71. The Morgan fingerprint density at radius 3 is 3.15 bits per heavy atom. The number of amides is 1. The first-order valence-electron chi connectivity index (χ1n) is 4.53. The molecule has 1 aliphatic rings. The first-order valence-corrected chi connectivity index (χ1v) is 4.53. The summed E-state index contributed by atoms with van der Waals surface area (Å²) in [6, 6.07) is 1.54. The molecule has 0 spiro atoms. The number of nitrogens with one attached hydrogen (secondary N) is 1. The monoisotopic (exact) mass is 182 g/mol. The standard InChI is InChI=1S/C9H14N2O2/c1-7(6-10)11-9(12)5-8-3-2-4-13-8/h7-8H,2-5H2,1H3,(H,11,12). The van der Waals surface area contributed by atoms with Gasteiger partial charge in [0.25, 0.3) is 0 Å². The van der Waals surface area contributed by atoms with Gasteiger partial charge in [-0.3, -0.25) is 4.79 Å². The van der Waals surface area contributed by atoms with E-state index >= 15 is 0 Å². The molecule has 0 saturated carbocycles. The van der Waals surface area contributed by atoms with Crippen molar-refractivity contribution < 1.29 is 9.53 Å². The normalized spacial score (nSPS) is 23.5. The second kappa shape index (κ2) is 4.83. The molecule has 1 heterocycles. The van der Waals surface area contributed by atoms with E-state index < -0.39 is 6.04 Å². The first kappa shape index (κ1) is 10.0. The molecule has 2 unspecified atom stereocenters. The van der Waals surface area contributed by atoms with Gasteiger partial charge in [0.2, 0.25) is 5.91 Å². The lowest BCUT2D eigenvalue weighted by Gasteiger charge is -2.10. The van der Waals surface area contributed by atoms with Gasteiger partial charge in [-0.2, -0.15) is 5.26 Å². The van der Waals surface area contributed by atoms with Crippen molar-refractivity contribution in [3.05, 3.63) is 0 Å². The molecule has 0 bridgehead atoms. The fourth-order valence-corrected chi connectivity index (χ4v) is 1.34. The quantitative estimate of drug-likeness (QED) is 0.694. The Morgan fingerprint density at radius 2 is 2.62 bits per heavy atom. The van der Waals surface area contributed by atoms with Crippen molar-refractivity contribution in [1.82, 2.24) is 5.32 Å². The average Bonchev–Trinajstić information content (AvgIpc) is 2.56. The first-order chi connectivity index (χ1) is 6.22. The molecule has 4 heteroatoms. The molecule has 1 rings (SSSR count). The lowest BCUT2D eigenvalue weighted by Crippen LogP contribution is -2.33. The molecule has 13 heavy (non-hydrogen) atoms. The number of nitriles is 1. The van der Waals surface area contributed by atoms with Crippen molar-refractivity contribution in [2.75, 3.05) is 6.61 Å². The van der Waals surface area contributed by atoms with Crippen molar-refractivity contribution in [1.29, 1.82) is 5.26 Å². The van der Waals surface area contributed by atoms with E-state index in [9.17, 15) is 4.79 Å². The number of hydrogen-bond donors (Lipinski definition) is 1. The molecule has 1 saturated heterocycles. The summed E-state index contributed by atoms with van der Waals surface area (Å²) in [4.78, 5) is 11.2. The number of hydrogen-bond acceptors (Lipinski definition) is 3. The molecular weight excluding hydrogens is 168 g/mol. The minimum atomic E-state index is -0.408. The minimum Gasteiger partial charge on any atom is -0.378 e. The van der Waals surface area contributed by atoms with E-state index in [2.05, 4.69) is 5.32 Å². The summed E-state index contributed by atoms with van der Waals surface area (Å²) in [7, 11) is 0. The van der Waals surface area contributed by atoms with Crippen LogP contribution in [-0.2, 0) is 9.53 Å². The zero-order valence-electron chi connectivity index (χ0n) is 7.75. The highest BCUT2D eigenvalue weighted by atomic mass is 16.5. The lowest BCUT2D eigenvalue weighted by atomic mass is 10.1. The molecule has 1 N–H and O–H groups in total. The minimum absolute atomic E-state index is 0.0610. The van der Waals surface area contributed by atoms with Gasteiger partial charge in [0.1, 0.15) is 6.04 Å². The summed E-state index contributed by atoms with van der Waals surface area (Å²) in [5, 5.41) is 11.0. The maximum Gasteiger partial charge on any atom is 0.223 e. The van der Waals surface area contributed by atoms with Crippen molar-refractivity contribution in [2.45, 2.75) is 38.3 Å². The third-order valence-electron chi connectivity index (χ3n) is 2.01. The van der Waals surface area contributed by atoms with Gasteiger partial charge in [0, 0.05) is 6.61 Å². The average molecular weight is 182 g/mol. The summed E-state index contributed by atoms with van der Waals surface area (Å²) < 4.78 is 5.30. The number of carbonyl (C=O) groups excluding carboxylic acids is 1. The van der Waals surface area contributed by atoms with E-state index in [0.29, 0.717) is 6.42 Å². The summed E-state index contributed by atoms with van der Waals surface area (Å²) >= 11 is 0. The van der Waals surface area contributed by atoms with Crippen molar-refractivity contribution in [3.8, 4) is 6.07 Å². The maximum atomic E-state index is 11.2. The third kappa shape index (κ3) is 3.43. The Bertz CT molecular complexity index is 216. The predicted octanol–water partition coefficient (Wildman–Crippen LogP) is 0.584. The van der Waals surface area contributed by atoms with Crippen molar-refractivity contribution >= 4 is 5.91 Å². The van der Waals surface area contributed by atoms with Crippen LogP contribution in [0.2, 0.25) is 0 Å². The molecule has 4 nitrogen and oxygen atoms in total. The third-order valence-corrected chi connectivity index (χ3v) is 2.01. The van der Waals surface area contributed by atoms with Crippen LogP contribution in [0.15, 0.2) is 0 Å². The van der Waals surface area contributed by atoms with E-state index in [-0.39, 0.29) is 12.0 Å². The van der Waals surface area contributed by atoms with Crippen LogP contribution in [0.3, 0.4) is 0 Å². The SMILES string of the molecule is CC(C#N)NC(=O)CC1CCCO1. The fourth-order valence-electron chi connectivity index (χ4n) is 1.34. The zero-order chi connectivity index (χ0) is 9.68. The van der Waals surface area contributed by atoms with Crippen LogP contribution in [0.4, 0.5) is 0 Å². The number of nitrogens with zero attached hydrogens (tertiary/aromatic N) is 1. The summed E-state index contributed by atoms with van der Waals surface area (Å²) in [5.74, 6) is -0.0963. The maximum absolute atomic E-state index is 11.2. The Morgan fingerprint density at radius 1 is 1.85 bits per heavy atom. The summed E-state index contributed by atoms with van der Waals surface area (Å²) in [5.41, 5.74) is 0. The second-order valence-electron chi connectivity index (χ2n) is 3.26. The van der Waals surface area contributed by atoms with Gasteiger partial charge in [0.05, 0.1) is 18.6 Å². The van der Waals surface area contributed by atoms with Gasteiger partial charge < -0.3 is 10.1 Å².